The highest BCUT2D eigenvalue weighted by Crippen LogP contribution is 2.16. The lowest BCUT2D eigenvalue weighted by molar-refractivity contribution is 0.414. The van der Waals surface area contributed by atoms with E-state index in [4.69, 9.17) is 4.74 Å². The summed E-state index contributed by atoms with van der Waals surface area (Å²) in [6.07, 6.45) is 4.66. The van der Waals surface area contributed by atoms with Crippen molar-refractivity contribution in [2.75, 3.05) is 12.4 Å². The molecular formula is C16H20N2O. The fraction of sp³-hybridized carbons (Fsp3) is 0.312. The number of ether oxygens (including phenoxy) is 1. The van der Waals surface area contributed by atoms with Gasteiger partial charge in [0.05, 0.1) is 19.0 Å². The summed E-state index contributed by atoms with van der Waals surface area (Å²) < 4.78 is 5.16. The Bertz CT molecular complexity index is 523. The molecule has 0 fully saturated rings. The zero-order chi connectivity index (χ0) is 13.7. The molecule has 19 heavy (non-hydrogen) atoms. The minimum atomic E-state index is 0.358. The number of nitrogens with zero attached hydrogens (tertiary/aromatic N) is 1. The van der Waals surface area contributed by atoms with Crippen LogP contribution in [0.1, 0.15) is 18.1 Å². The minimum Gasteiger partial charge on any atom is -0.497 e. The molecule has 0 radical (unpaired) electrons. The van der Waals surface area contributed by atoms with Gasteiger partial charge in [0.15, 0.2) is 0 Å². The van der Waals surface area contributed by atoms with Crippen molar-refractivity contribution in [3.8, 4) is 5.75 Å². The van der Waals surface area contributed by atoms with Crippen molar-refractivity contribution in [1.82, 2.24) is 4.98 Å². The Kier molecular flexibility index (Phi) is 4.39. The number of pyridine rings is 1. The maximum Gasteiger partial charge on any atom is 0.118 e. The van der Waals surface area contributed by atoms with E-state index >= 15 is 0 Å². The highest BCUT2D eigenvalue weighted by molar-refractivity contribution is 5.48. The van der Waals surface area contributed by atoms with E-state index in [9.17, 15) is 0 Å². The van der Waals surface area contributed by atoms with Gasteiger partial charge in [-0.05, 0) is 49.6 Å². The molecule has 0 aliphatic rings. The standard InChI is InChI=1S/C16H20N2O/c1-12-8-9-17-11-16(12)18-13(2)10-14-4-6-15(19-3)7-5-14/h4-9,11,13,18H,10H2,1-3H3. The van der Waals surface area contributed by atoms with Crippen molar-refractivity contribution in [1.29, 1.82) is 0 Å². The first kappa shape index (κ1) is 13.4. The van der Waals surface area contributed by atoms with Crippen LogP contribution in [0.15, 0.2) is 42.7 Å². The predicted molar refractivity (Wildman–Crippen MR) is 78.8 cm³/mol. The summed E-state index contributed by atoms with van der Waals surface area (Å²) in [4.78, 5) is 4.15. The first-order valence-electron chi connectivity index (χ1n) is 6.49. The molecule has 2 rings (SSSR count). The number of anilines is 1. The molecule has 100 valence electrons. The second-order valence-corrected chi connectivity index (χ2v) is 4.79. The third-order valence-corrected chi connectivity index (χ3v) is 3.14. The van der Waals surface area contributed by atoms with Crippen LogP contribution in [0.5, 0.6) is 5.75 Å². The molecule has 0 spiro atoms. The van der Waals surface area contributed by atoms with Crippen LogP contribution in [0.25, 0.3) is 0 Å². The number of hydrogen-bond donors (Lipinski definition) is 1. The zero-order valence-corrected chi connectivity index (χ0v) is 11.7. The van der Waals surface area contributed by atoms with E-state index in [-0.39, 0.29) is 0 Å². The predicted octanol–water partition coefficient (Wildman–Crippen LogP) is 3.44. The zero-order valence-electron chi connectivity index (χ0n) is 11.7. The van der Waals surface area contributed by atoms with Crippen LogP contribution in [-0.4, -0.2) is 18.1 Å². The number of aromatic nitrogens is 1. The van der Waals surface area contributed by atoms with Crippen molar-refractivity contribution < 1.29 is 4.74 Å². The van der Waals surface area contributed by atoms with Crippen LogP contribution in [-0.2, 0) is 6.42 Å². The molecule has 1 N–H and O–H groups in total. The van der Waals surface area contributed by atoms with Crippen LogP contribution in [0.4, 0.5) is 5.69 Å². The van der Waals surface area contributed by atoms with E-state index in [1.807, 2.05) is 30.6 Å². The fourth-order valence-electron chi connectivity index (χ4n) is 2.05. The average Bonchev–Trinajstić information content (AvgIpc) is 2.42. The second-order valence-electron chi connectivity index (χ2n) is 4.79. The van der Waals surface area contributed by atoms with Crippen molar-refractivity contribution in [2.24, 2.45) is 0 Å². The van der Waals surface area contributed by atoms with Crippen molar-refractivity contribution in [3.05, 3.63) is 53.9 Å². The summed E-state index contributed by atoms with van der Waals surface area (Å²) in [6.45, 7) is 4.26. The van der Waals surface area contributed by atoms with E-state index in [1.165, 1.54) is 11.1 Å². The molecule has 0 saturated carbocycles. The molecule has 3 heteroatoms. The number of benzene rings is 1. The van der Waals surface area contributed by atoms with Gasteiger partial charge >= 0.3 is 0 Å². The average molecular weight is 256 g/mol. The van der Waals surface area contributed by atoms with Gasteiger partial charge in [0.1, 0.15) is 5.75 Å². The Balaban J connectivity index is 1.97. The Labute approximate surface area is 114 Å². The Morgan fingerprint density at radius 1 is 1.21 bits per heavy atom. The van der Waals surface area contributed by atoms with Gasteiger partial charge in [-0.3, -0.25) is 4.98 Å². The van der Waals surface area contributed by atoms with Crippen molar-refractivity contribution in [3.63, 3.8) is 0 Å². The summed E-state index contributed by atoms with van der Waals surface area (Å²) in [7, 11) is 1.68. The smallest absolute Gasteiger partial charge is 0.118 e. The topological polar surface area (TPSA) is 34.1 Å². The molecule has 1 aromatic carbocycles. The Hall–Kier alpha value is -2.03. The van der Waals surface area contributed by atoms with E-state index < -0.39 is 0 Å². The van der Waals surface area contributed by atoms with Gasteiger partial charge in [0.2, 0.25) is 0 Å². The molecule has 1 heterocycles. The summed E-state index contributed by atoms with van der Waals surface area (Å²) in [5, 5.41) is 3.49. The molecule has 2 aromatic rings. The van der Waals surface area contributed by atoms with E-state index in [2.05, 4.69) is 36.3 Å². The molecule has 1 unspecified atom stereocenters. The molecule has 0 aliphatic carbocycles. The summed E-state index contributed by atoms with van der Waals surface area (Å²) in [5.74, 6) is 0.896. The number of hydrogen-bond acceptors (Lipinski definition) is 3. The Morgan fingerprint density at radius 3 is 2.58 bits per heavy atom. The lowest BCUT2D eigenvalue weighted by atomic mass is 10.1. The highest BCUT2D eigenvalue weighted by atomic mass is 16.5. The number of aryl methyl sites for hydroxylation is 1. The molecule has 0 amide bonds. The van der Waals surface area contributed by atoms with Gasteiger partial charge in [0, 0.05) is 12.2 Å². The van der Waals surface area contributed by atoms with Gasteiger partial charge in [-0.15, -0.1) is 0 Å². The maximum absolute atomic E-state index is 5.16. The minimum absolute atomic E-state index is 0.358. The summed E-state index contributed by atoms with van der Waals surface area (Å²) >= 11 is 0. The van der Waals surface area contributed by atoms with E-state index in [0.717, 1.165) is 17.9 Å². The van der Waals surface area contributed by atoms with Crippen molar-refractivity contribution >= 4 is 5.69 Å². The van der Waals surface area contributed by atoms with Gasteiger partial charge in [-0.1, -0.05) is 12.1 Å². The first-order valence-corrected chi connectivity index (χ1v) is 6.49. The van der Waals surface area contributed by atoms with Gasteiger partial charge in [-0.25, -0.2) is 0 Å². The van der Waals surface area contributed by atoms with Crippen LogP contribution in [0, 0.1) is 6.92 Å². The second kappa shape index (κ2) is 6.23. The van der Waals surface area contributed by atoms with Gasteiger partial charge < -0.3 is 10.1 Å². The number of nitrogens with one attached hydrogen (secondary N) is 1. The van der Waals surface area contributed by atoms with Crippen LogP contribution >= 0.6 is 0 Å². The molecule has 0 bridgehead atoms. The molecule has 1 atom stereocenters. The lowest BCUT2D eigenvalue weighted by Crippen LogP contribution is -2.18. The number of methoxy groups -OCH3 is 1. The van der Waals surface area contributed by atoms with Crippen LogP contribution in [0.2, 0.25) is 0 Å². The SMILES string of the molecule is COc1ccc(CC(C)Nc2cnccc2C)cc1. The van der Waals surface area contributed by atoms with E-state index in [1.54, 1.807) is 7.11 Å². The molecule has 3 nitrogen and oxygen atoms in total. The summed E-state index contributed by atoms with van der Waals surface area (Å²) in [5.41, 5.74) is 3.61. The first-order chi connectivity index (χ1) is 9.19. The fourth-order valence-corrected chi connectivity index (χ4v) is 2.05. The highest BCUT2D eigenvalue weighted by Gasteiger charge is 2.05. The number of rotatable bonds is 5. The van der Waals surface area contributed by atoms with Crippen LogP contribution < -0.4 is 10.1 Å². The quantitative estimate of drug-likeness (QED) is 0.889. The van der Waals surface area contributed by atoms with Gasteiger partial charge in [0.25, 0.3) is 0 Å². The third-order valence-electron chi connectivity index (χ3n) is 3.14. The monoisotopic (exact) mass is 256 g/mol. The Morgan fingerprint density at radius 2 is 1.95 bits per heavy atom. The normalized spacial score (nSPS) is 11.9. The molecular weight excluding hydrogens is 236 g/mol. The summed E-state index contributed by atoms with van der Waals surface area (Å²) in [6, 6.07) is 10.6. The molecule has 1 aromatic heterocycles. The van der Waals surface area contributed by atoms with Crippen LogP contribution in [0.3, 0.4) is 0 Å². The molecule has 0 saturated heterocycles. The van der Waals surface area contributed by atoms with Gasteiger partial charge in [-0.2, -0.15) is 0 Å². The maximum atomic E-state index is 5.16. The molecule has 0 aliphatic heterocycles. The van der Waals surface area contributed by atoms with Crippen molar-refractivity contribution in [2.45, 2.75) is 26.3 Å². The van der Waals surface area contributed by atoms with E-state index in [0.29, 0.717) is 6.04 Å². The third kappa shape index (κ3) is 3.71. The lowest BCUT2D eigenvalue weighted by Gasteiger charge is -2.16. The largest absolute Gasteiger partial charge is 0.497 e.